The van der Waals surface area contributed by atoms with Crippen LogP contribution in [0.2, 0.25) is 0 Å². The minimum atomic E-state index is -1.29. The summed E-state index contributed by atoms with van der Waals surface area (Å²) < 4.78 is 34.4. The van der Waals surface area contributed by atoms with Gasteiger partial charge in [-0.15, -0.1) is 0 Å². The van der Waals surface area contributed by atoms with E-state index in [9.17, 15) is 25.5 Å². The number of ether oxygens (including phenoxy) is 6. The molecule has 0 saturated carbocycles. The van der Waals surface area contributed by atoms with E-state index >= 15 is 0 Å². The highest BCUT2D eigenvalue weighted by Gasteiger charge is 2.39. The zero-order valence-electron chi connectivity index (χ0n) is 24.1. The minimum Gasteiger partial charge on any atom is -0.504 e. The van der Waals surface area contributed by atoms with E-state index in [1.165, 1.54) is 39.5 Å². The van der Waals surface area contributed by atoms with Crippen molar-refractivity contribution >= 4 is 0 Å². The molecule has 0 radical (unpaired) electrons. The molecule has 1 aliphatic rings. The predicted molar refractivity (Wildman–Crippen MR) is 152 cm³/mol. The van der Waals surface area contributed by atoms with Gasteiger partial charge in [-0.05, 0) is 54.3 Å². The van der Waals surface area contributed by atoms with Crippen molar-refractivity contribution in [3.05, 3.63) is 64.7 Å². The Kier molecular flexibility index (Phi) is 10.2. The first-order valence-electron chi connectivity index (χ1n) is 13.5. The molecule has 3 aromatic rings. The summed E-state index contributed by atoms with van der Waals surface area (Å²) in [6.07, 6.45) is -1.81. The van der Waals surface area contributed by atoms with Crippen LogP contribution >= 0.6 is 0 Å². The van der Waals surface area contributed by atoms with Crippen LogP contribution in [0.15, 0.2) is 42.5 Å². The van der Waals surface area contributed by atoms with E-state index < -0.39 is 30.8 Å². The second-order valence-electron chi connectivity index (χ2n) is 9.84. The number of methoxy groups -OCH3 is 4. The summed E-state index contributed by atoms with van der Waals surface area (Å²) in [6.45, 7) is -0.695. The van der Waals surface area contributed by atoms with Crippen LogP contribution in [0, 0.1) is 0 Å². The van der Waals surface area contributed by atoms with Crippen molar-refractivity contribution in [2.24, 2.45) is 0 Å². The standard InChI is InChI=1S/C31H38O11/c1-37-23-12-18(7-8-22(23)35)28(36)27(16-34)41-31-25(39-3)13-19(14-26(31)40-4)29-21(15-33)20-10-17(6-5-9-32)11-24(38-2)30(20)42-29/h7-8,10-14,21,27-29,32-36H,5-6,9,15-16H2,1-4H3/t21-,27?,28?,29-/m0/s1. The van der Waals surface area contributed by atoms with Gasteiger partial charge in [0.25, 0.3) is 0 Å². The molecule has 0 saturated heterocycles. The quantitative estimate of drug-likeness (QED) is 0.189. The van der Waals surface area contributed by atoms with Gasteiger partial charge in [0.15, 0.2) is 40.6 Å². The fourth-order valence-electron chi connectivity index (χ4n) is 5.16. The van der Waals surface area contributed by atoms with Gasteiger partial charge in [-0.2, -0.15) is 0 Å². The van der Waals surface area contributed by atoms with E-state index in [1.54, 1.807) is 19.2 Å². The average Bonchev–Trinajstić information content (AvgIpc) is 3.40. The van der Waals surface area contributed by atoms with E-state index in [0.29, 0.717) is 35.5 Å². The third kappa shape index (κ3) is 6.14. The van der Waals surface area contributed by atoms with Crippen LogP contribution < -0.4 is 28.4 Å². The molecule has 2 unspecified atom stereocenters. The summed E-state index contributed by atoms with van der Waals surface area (Å²) in [7, 11) is 5.84. The summed E-state index contributed by atoms with van der Waals surface area (Å²) >= 11 is 0. The number of aliphatic hydroxyl groups excluding tert-OH is 4. The van der Waals surface area contributed by atoms with Gasteiger partial charge in [-0.25, -0.2) is 0 Å². The highest BCUT2D eigenvalue weighted by molar-refractivity contribution is 5.58. The third-order valence-corrected chi connectivity index (χ3v) is 7.35. The maximum absolute atomic E-state index is 11.0. The number of benzene rings is 3. The van der Waals surface area contributed by atoms with Crippen molar-refractivity contribution in [1.82, 2.24) is 0 Å². The van der Waals surface area contributed by atoms with Gasteiger partial charge in [0.2, 0.25) is 5.75 Å². The molecule has 0 aromatic heterocycles. The Labute approximate surface area is 244 Å². The minimum absolute atomic E-state index is 0.0628. The molecule has 11 nitrogen and oxygen atoms in total. The summed E-state index contributed by atoms with van der Waals surface area (Å²) in [5, 5.41) is 50.8. The Morgan fingerprint density at radius 2 is 1.50 bits per heavy atom. The Bertz CT molecular complexity index is 1330. The van der Waals surface area contributed by atoms with E-state index in [1.807, 2.05) is 12.1 Å². The average molecular weight is 587 g/mol. The van der Waals surface area contributed by atoms with Crippen molar-refractivity contribution in [2.45, 2.75) is 37.1 Å². The van der Waals surface area contributed by atoms with Crippen LogP contribution in [0.3, 0.4) is 0 Å². The van der Waals surface area contributed by atoms with Gasteiger partial charge in [-0.3, -0.25) is 0 Å². The van der Waals surface area contributed by atoms with Crippen molar-refractivity contribution in [3.8, 4) is 40.2 Å². The molecule has 42 heavy (non-hydrogen) atoms. The Morgan fingerprint density at radius 3 is 2.07 bits per heavy atom. The van der Waals surface area contributed by atoms with Crippen molar-refractivity contribution < 1.29 is 54.0 Å². The fraction of sp³-hybridized carbons (Fsp3) is 0.419. The maximum Gasteiger partial charge on any atom is 0.204 e. The molecule has 3 aromatic carbocycles. The van der Waals surface area contributed by atoms with Gasteiger partial charge >= 0.3 is 0 Å². The molecule has 0 fully saturated rings. The number of phenols is 1. The topological polar surface area (TPSA) is 157 Å². The first kappa shape index (κ1) is 31.0. The molecule has 1 aliphatic heterocycles. The van der Waals surface area contributed by atoms with Crippen LogP contribution in [0.5, 0.6) is 40.2 Å². The number of aliphatic hydroxyl groups is 4. The number of phenolic OH excluding ortho intramolecular Hbond substituents is 1. The van der Waals surface area contributed by atoms with Gasteiger partial charge in [-0.1, -0.05) is 12.1 Å². The van der Waals surface area contributed by atoms with Crippen LogP contribution in [-0.4, -0.2) is 79.9 Å². The molecule has 0 amide bonds. The van der Waals surface area contributed by atoms with Gasteiger partial charge < -0.3 is 54.0 Å². The second-order valence-corrected chi connectivity index (χ2v) is 9.84. The predicted octanol–water partition coefficient (Wildman–Crippen LogP) is 3.03. The molecule has 5 N–H and O–H groups in total. The third-order valence-electron chi connectivity index (χ3n) is 7.35. The van der Waals surface area contributed by atoms with E-state index in [-0.39, 0.29) is 42.0 Å². The summed E-state index contributed by atoms with van der Waals surface area (Å²) in [6, 6.07) is 11.6. The number of hydrogen-bond acceptors (Lipinski definition) is 11. The van der Waals surface area contributed by atoms with Crippen molar-refractivity contribution in [2.75, 3.05) is 48.3 Å². The lowest BCUT2D eigenvalue weighted by Crippen LogP contribution is -2.29. The number of aryl methyl sites for hydroxylation is 1. The van der Waals surface area contributed by atoms with Crippen LogP contribution in [0.4, 0.5) is 0 Å². The largest absolute Gasteiger partial charge is 0.504 e. The fourth-order valence-corrected chi connectivity index (χ4v) is 5.16. The van der Waals surface area contributed by atoms with Gasteiger partial charge in [0.1, 0.15) is 12.2 Å². The molecule has 0 bridgehead atoms. The number of hydrogen-bond donors (Lipinski definition) is 5. The first-order valence-corrected chi connectivity index (χ1v) is 13.5. The Balaban J connectivity index is 1.68. The number of fused-ring (bicyclic) bond motifs is 1. The second kappa shape index (κ2) is 13.8. The summed E-state index contributed by atoms with van der Waals surface area (Å²) in [5.41, 5.74) is 2.74. The van der Waals surface area contributed by atoms with E-state index in [4.69, 9.17) is 28.4 Å². The van der Waals surface area contributed by atoms with Crippen LogP contribution in [0.25, 0.3) is 0 Å². The first-order chi connectivity index (χ1) is 20.3. The molecule has 1 heterocycles. The van der Waals surface area contributed by atoms with Gasteiger partial charge in [0, 0.05) is 17.7 Å². The van der Waals surface area contributed by atoms with Crippen molar-refractivity contribution in [3.63, 3.8) is 0 Å². The lowest BCUT2D eigenvalue weighted by Gasteiger charge is -2.26. The Hall–Kier alpha value is -3.90. The molecule has 0 spiro atoms. The summed E-state index contributed by atoms with van der Waals surface area (Å²) in [4.78, 5) is 0. The Morgan fingerprint density at radius 1 is 0.833 bits per heavy atom. The molecule has 11 heteroatoms. The molecule has 4 rings (SSSR count). The monoisotopic (exact) mass is 586 g/mol. The van der Waals surface area contributed by atoms with Crippen LogP contribution in [0.1, 0.15) is 46.8 Å². The lowest BCUT2D eigenvalue weighted by atomic mass is 9.90. The molecular formula is C31H38O11. The molecule has 4 atom stereocenters. The summed E-state index contributed by atoms with van der Waals surface area (Å²) in [5.74, 6) is 1.36. The van der Waals surface area contributed by atoms with Gasteiger partial charge in [0.05, 0.1) is 47.6 Å². The zero-order valence-corrected chi connectivity index (χ0v) is 24.1. The number of rotatable bonds is 14. The molecule has 0 aliphatic carbocycles. The highest BCUT2D eigenvalue weighted by Crippen LogP contribution is 2.53. The number of aromatic hydroxyl groups is 1. The van der Waals surface area contributed by atoms with Crippen molar-refractivity contribution in [1.29, 1.82) is 0 Å². The lowest BCUT2D eigenvalue weighted by molar-refractivity contribution is -0.00180. The maximum atomic E-state index is 11.0. The van der Waals surface area contributed by atoms with E-state index in [0.717, 1.165) is 11.1 Å². The highest BCUT2D eigenvalue weighted by atomic mass is 16.6. The molecular weight excluding hydrogens is 548 g/mol. The zero-order chi connectivity index (χ0) is 30.4. The van der Waals surface area contributed by atoms with E-state index in [2.05, 4.69) is 0 Å². The molecule has 228 valence electrons. The SMILES string of the molecule is COc1cc(C(O)C(CO)Oc2c(OC)cc([C@@H]3Oc4c(OC)cc(CCCO)cc4[C@@H]3CO)cc2OC)ccc1O. The smallest absolute Gasteiger partial charge is 0.204 e. The van der Waals surface area contributed by atoms with Crippen LogP contribution in [-0.2, 0) is 6.42 Å². The normalized spacial score (nSPS) is 17.1.